The zero-order chi connectivity index (χ0) is 8.15. The molecule has 0 aliphatic heterocycles. The Kier molecular flexibility index (Phi) is 8.38. The molecule has 0 radical (unpaired) electrons. The first-order chi connectivity index (χ1) is 4.52. The van der Waals surface area contributed by atoms with Gasteiger partial charge in [0, 0.05) is 0 Å². The molecule has 11 heavy (non-hydrogen) atoms. The average molecular weight is 148 g/mol. The van der Waals surface area contributed by atoms with Crippen molar-refractivity contribution in [3.63, 3.8) is 0 Å². The van der Waals surface area contributed by atoms with Crippen molar-refractivity contribution in [2.45, 2.75) is 46.7 Å². The van der Waals surface area contributed by atoms with E-state index in [0.29, 0.717) is 12.1 Å². The number of nitrogens with zero attached hydrogens (tertiary/aromatic N) is 2. The van der Waals surface area contributed by atoms with Gasteiger partial charge in [-0.3, -0.25) is 0 Å². The van der Waals surface area contributed by atoms with Gasteiger partial charge in [-0.25, -0.2) is 0 Å². The molecule has 0 saturated carbocycles. The molecule has 3 heteroatoms. The van der Waals surface area contributed by atoms with E-state index in [4.69, 9.17) is 0 Å². The number of hydrogen-bond donors (Lipinski definition) is 0. The molecule has 0 aliphatic carbocycles. The molecule has 2 nitrogen and oxygen atoms in total. The van der Waals surface area contributed by atoms with Crippen molar-refractivity contribution in [3.05, 3.63) is 5.32 Å². The Morgan fingerprint density at radius 2 is 1.64 bits per heavy atom. The van der Waals surface area contributed by atoms with Crippen LogP contribution in [0.4, 0.5) is 0 Å². The predicted octanol–water partition coefficient (Wildman–Crippen LogP) is -0.401. The summed E-state index contributed by atoms with van der Waals surface area (Å²) in [5, 5.41) is 4.27. The summed E-state index contributed by atoms with van der Waals surface area (Å²) in [5.74, 6) is 0.907. The average Bonchev–Trinajstić information content (AvgIpc) is 1.58. The monoisotopic (exact) mass is 148 g/mol. The molecule has 0 saturated heterocycles. The second kappa shape index (κ2) is 6.76. The van der Waals surface area contributed by atoms with Crippen LogP contribution in [0.25, 0.3) is 5.32 Å². The Hall–Kier alpha value is 0.0674. The van der Waals surface area contributed by atoms with Crippen molar-refractivity contribution in [1.82, 2.24) is 0 Å². The van der Waals surface area contributed by atoms with E-state index in [1.54, 1.807) is 0 Å². The van der Waals surface area contributed by atoms with Crippen molar-refractivity contribution in [2.75, 3.05) is 0 Å². The quantitative estimate of drug-likeness (QED) is 0.289. The molecule has 60 valence electrons. The molecule has 0 aromatic rings. The molecule has 0 rings (SSSR count). The zero-order valence-corrected chi connectivity index (χ0v) is 8.55. The first kappa shape index (κ1) is 13.6. The van der Waals surface area contributed by atoms with Crippen LogP contribution in [-0.2, 0) is 0 Å². The van der Waals surface area contributed by atoms with Crippen molar-refractivity contribution < 1.29 is 18.9 Å². The van der Waals surface area contributed by atoms with Gasteiger partial charge in [-0.05, 0) is 19.0 Å². The maximum absolute atomic E-state index is 4.27. The molecule has 0 atom stereocenters. The summed E-state index contributed by atoms with van der Waals surface area (Å²) >= 11 is 0. The third kappa shape index (κ3) is 10.1. The van der Waals surface area contributed by atoms with Gasteiger partial charge in [0.1, 0.15) is 0 Å². The van der Waals surface area contributed by atoms with Crippen molar-refractivity contribution in [2.24, 2.45) is 4.99 Å². The summed E-state index contributed by atoms with van der Waals surface area (Å²) in [6, 6.07) is 0.727. The fourth-order valence-electron chi connectivity index (χ4n) is 0.781. The van der Waals surface area contributed by atoms with Crippen LogP contribution in [0.2, 0.25) is 0 Å². The van der Waals surface area contributed by atoms with Gasteiger partial charge >= 0.3 is 18.9 Å². The Morgan fingerprint density at radius 1 is 1.18 bits per heavy atom. The molecule has 0 bridgehead atoms. The van der Waals surface area contributed by atoms with Crippen LogP contribution in [-0.4, -0.2) is 17.9 Å². The molecular formula is C8H17LiN2. The molecule has 0 aliphatic rings. The van der Waals surface area contributed by atoms with E-state index in [2.05, 4.69) is 38.0 Å². The van der Waals surface area contributed by atoms with Crippen LogP contribution in [0.1, 0.15) is 34.6 Å². The topological polar surface area (TPSA) is 26.5 Å². The number of rotatable bonds is 2. The Bertz CT molecular complexity index is 119. The Labute approximate surface area is 82.0 Å². The van der Waals surface area contributed by atoms with Gasteiger partial charge in [-0.1, -0.05) is 33.5 Å². The second-order valence-electron chi connectivity index (χ2n) is 2.99. The van der Waals surface area contributed by atoms with Gasteiger partial charge in [-0.2, -0.15) is 0 Å². The predicted molar refractivity (Wildman–Crippen MR) is 46.7 cm³/mol. The van der Waals surface area contributed by atoms with Crippen molar-refractivity contribution >= 4 is 5.84 Å². The van der Waals surface area contributed by atoms with Crippen LogP contribution in [0.15, 0.2) is 4.99 Å². The van der Waals surface area contributed by atoms with Crippen LogP contribution >= 0.6 is 0 Å². The van der Waals surface area contributed by atoms with Gasteiger partial charge in [0.25, 0.3) is 0 Å². The zero-order valence-electron chi connectivity index (χ0n) is 8.55. The summed E-state index contributed by atoms with van der Waals surface area (Å²) in [5.41, 5.74) is 0. The molecule has 0 heterocycles. The minimum atomic E-state index is 0. The maximum atomic E-state index is 4.27. The molecule has 0 fully saturated rings. The van der Waals surface area contributed by atoms with Gasteiger partial charge in [0.05, 0.1) is 0 Å². The van der Waals surface area contributed by atoms with Crippen molar-refractivity contribution in [1.29, 1.82) is 0 Å². The summed E-state index contributed by atoms with van der Waals surface area (Å²) in [4.78, 5) is 4.27. The van der Waals surface area contributed by atoms with E-state index in [1.165, 1.54) is 0 Å². The van der Waals surface area contributed by atoms with Crippen LogP contribution < -0.4 is 18.9 Å². The molecule has 0 aromatic heterocycles. The Balaban J connectivity index is 0. The molecular weight excluding hydrogens is 131 g/mol. The van der Waals surface area contributed by atoms with Gasteiger partial charge in [-0.15, -0.1) is 0 Å². The summed E-state index contributed by atoms with van der Waals surface area (Å²) in [6.45, 7) is 10.2. The van der Waals surface area contributed by atoms with E-state index in [9.17, 15) is 0 Å². The fourth-order valence-corrected chi connectivity index (χ4v) is 0.781. The molecule has 0 spiro atoms. The molecule has 0 aromatic carbocycles. The Morgan fingerprint density at radius 3 is 1.91 bits per heavy atom. The van der Waals surface area contributed by atoms with Crippen LogP contribution in [0.3, 0.4) is 0 Å². The fraction of sp³-hybridized carbons (Fsp3) is 0.875. The van der Waals surface area contributed by atoms with Gasteiger partial charge in [0.15, 0.2) is 0 Å². The van der Waals surface area contributed by atoms with E-state index in [-0.39, 0.29) is 18.9 Å². The molecule has 0 unspecified atom stereocenters. The van der Waals surface area contributed by atoms with E-state index in [0.717, 1.165) is 5.84 Å². The van der Waals surface area contributed by atoms with Crippen molar-refractivity contribution in [3.8, 4) is 0 Å². The van der Waals surface area contributed by atoms with E-state index in [1.807, 2.05) is 6.92 Å². The standard InChI is InChI=1S/C8H17N2.Li/c1-6(2)9-8(5)10-7(3)4;/h6-7H,1-5H3;/q-1;+1. The molecule has 0 amide bonds. The number of aliphatic imine (C=N–C) groups is 1. The second-order valence-corrected chi connectivity index (χ2v) is 2.99. The number of hydrogen-bond acceptors (Lipinski definition) is 1. The summed E-state index contributed by atoms with van der Waals surface area (Å²) in [6.07, 6.45) is 0. The SMILES string of the molecule is CC(=NC(C)C)[N-]C(C)C.[Li+]. The van der Waals surface area contributed by atoms with Crippen LogP contribution in [0, 0.1) is 0 Å². The third-order valence-electron chi connectivity index (χ3n) is 0.890. The maximum Gasteiger partial charge on any atom is 1.00 e. The van der Waals surface area contributed by atoms with Gasteiger partial charge in [0.2, 0.25) is 0 Å². The smallest absolute Gasteiger partial charge is 0.467 e. The largest absolute Gasteiger partial charge is 1.00 e. The minimum absolute atomic E-state index is 0. The third-order valence-corrected chi connectivity index (χ3v) is 0.890. The first-order valence-electron chi connectivity index (χ1n) is 3.77. The van der Waals surface area contributed by atoms with Crippen LogP contribution in [0.5, 0.6) is 0 Å². The first-order valence-corrected chi connectivity index (χ1v) is 3.77. The summed E-state index contributed by atoms with van der Waals surface area (Å²) < 4.78 is 0. The molecule has 0 N–H and O–H groups in total. The summed E-state index contributed by atoms with van der Waals surface area (Å²) in [7, 11) is 0. The van der Waals surface area contributed by atoms with Gasteiger partial charge < -0.3 is 10.3 Å². The van der Waals surface area contributed by atoms with E-state index >= 15 is 0 Å². The van der Waals surface area contributed by atoms with E-state index < -0.39 is 0 Å². The normalized spacial score (nSPS) is 11.7. The number of amidine groups is 1. The minimum Gasteiger partial charge on any atom is -0.467 e.